The van der Waals surface area contributed by atoms with Gasteiger partial charge < -0.3 is 10.1 Å². The summed E-state index contributed by atoms with van der Waals surface area (Å²) in [6, 6.07) is 9.73. The Morgan fingerprint density at radius 2 is 1.83 bits per heavy atom. The van der Waals surface area contributed by atoms with Gasteiger partial charge in [0.15, 0.2) is 6.04 Å². The van der Waals surface area contributed by atoms with E-state index in [0.29, 0.717) is 11.4 Å². The van der Waals surface area contributed by atoms with Crippen LogP contribution in [0.5, 0.6) is 5.75 Å². The smallest absolute Gasteiger partial charge is 0.414 e. The number of aryl methyl sites for hydroxylation is 1. The number of hydrogen-bond acceptors (Lipinski definition) is 4. The van der Waals surface area contributed by atoms with E-state index in [1.807, 2.05) is 5.32 Å². The molecule has 30 heavy (non-hydrogen) atoms. The summed E-state index contributed by atoms with van der Waals surface area (Å²) < 4.78 is 47.1. The van der Waals surface area contributed by atoms with Crippen LogP contribution in [0.15, 0.2) is 65.7 Å². The fourth-order valence-corrected chi connectivity index (χ4v) is 2.99. The summed E-state index contributed by atoms with van der Waals surface area (Å²) in [5.41, 5.74) is -0.939. The molecule has 0 saturated carbocycles. The minimum absolute atomic E-state index is 0.241. The lowest BCUT2D eigenvalue weighted by Crippen LogP contribution is -2.41. The SMILES string of the molecule is COc1ccccc1-n1ccc(C)c(C(=O)NC(c2ccccn2)C(F)(F)F)c1=O. The van der Waals surface area contributed by atoms with Crippen molar-refractivity contribution in [3.05, 3.63) is 88.1 Å². The number of alkyl halides is 3. The molecule has 1 amide bonds. The molecule has 0 saturated heterocycles. The Kier molecular flexibility index (Phi) is 5.91. The van der Waals surface area contributed by atoms with E-state index < -0.39 is 29.2 Å². The summed E-state index contributed by atoms with van der Waals surface area (Å²) in [6.45, 7) is 1.48. The van der Waals surface area contributed by atoms with Crippen LogP contribution in [0.25, 0.3) is 5.69 Å². The van der Waals surface area contributed by atoms with Crippen LogP contribution in [-0.4, -0.2) is 28.7 Å². The fourth-order valence-electron chi connectivity index (χ4n) is 2.99. The second-order valence-electron chi connectivity index (χ2n) is 6.42. The number of carbonyl (C=O) groups is 1. The van der Waals surface area contributed by atoms with Crippen molar-refractivity contribution < 1.29 is 22.7 Å². The lowest BCUT2D eigenvalue weighted by Gasteiger charge is -2.21. The molecule has 0 aliphatic rings. The lowest BCUT2D eigenvalue weighted by atomic mass is 10.1. The van der Waals surface area contributed by atoms with Gasteiger partial charge in [-0.2, -0.15) is 13.2 Å². The number of nitrogens with zero attached hydrogens (tertiary/aromatic N) is 2. The number of pyridine rings is 2. The number of aromatic nitrogens is 2. The Labute approximate surface area is 170 Å². The standard InChI is InChI=1S/C21H18F3N3O3/c1-13-10-12-27(15-8-3-4-9-16(15)30-2)20(29)17(13)19(28)26-18(21(22,23)24)14-7-5-6-11-25-14/h3-12,18H,1-2H3,(H,26,28). The molecule has 0 bridgehead atoms. The molecule has 1 N–H and O–H groups in total. The van der Waals surface area contributed by atoms with Gasteiger partial charge in [-0.1, -0.05) is 18.2 Å². The van der Waals surface area contributed by atoms with Gasteiger partial charge in [0.2, 0.25) is 0 Å². The lowest BCUT2D eigenvalue weighted by molar-refractivity contribution is -0.156. The highest BCUT2D eigenvalue weighted by Crippen LogP contribution is 2.31. The monoisotopic (exact) mass is 417 g/mol. The van der Waals surface area contributed by atoms with Crippen LogP contribution in [0, 0.1) is 6.92 Å². The third-order valence-electron chi connectivity index (χ3n) is 4.46. The Morgan fingerprint density at radius 3 is 2.47 bits per heavy atom. The number of amides is 1. The number of carbonyl (C=O) groups excluding carboxylic acids is 1. The van der Waals surface area contributed by atoms with Crippen LogP contribution < -0.4 is 15.6 Å². The zero-order valence-electron chi connectivity index (χ0n) is 16.1. The quantitative estimate of drug-likeness (QED) is 0.689. The third kappa shape index (κ3) is 4.19. The molecule has 0 aliphatic carbocycles. The van der Waals surface area contributed by atoms with E-state index in [4.69, 9.17) is 4.74 Å². The maximum atomic E-state index is 13.6. The number of hydrogen-bond donors (Lipinski definition) is 1. The van der Waals surface area contributed by atoms with Gasteiger partial charge in [0.1, 0.15) is 11.3 Å². The number of benzene rings is 1. The summed E-state index contributed by atoms with van der Waals surface area (Å²) in [7, 11) is 1.42. The highest BCUT2D eigenvalue weighted by Gasteiger charge is 2.43. The van der Waals surface area contributed by atoms with E-state index in [1.54, 1.807) is 24.3 Å². The van der Waals surface area contributed by atoms with E-state index in [2.05, 4.69) is 4.98 Å². The number of para-hydroxylation sites is 2. The zero-order chi connectivity index (χ0) is 21.9. The van der Waals surface area contributed by atoms with Gasteiger partial charge in [0.25, 0.3) is 11.5 Å². The van der Waals surface area contributed by atoms with Gasteiger partial charge >= 0.3 is 6.18 Å². The van der Waals surface area contributed by atoms with Crippen LogP contribution in [0.2, 0.25) is 0 Å². The average Bonchev–Trinajstić information content (AvgIpc) is 2.72. The Hall–Kier alpha value is -3.62. The third-order valence-corrected chi connectivity index (χ3v) is 4.46. The van der Waals surface area contributed by atoms with Crippen molar-refractivity contribution in [1.29, 1.82) is 0 Å². The van der Waals surface area contributed by atoms with E-state index in [0.717, 1.165) is 10.6 Å². The minimum Gasteiger partial charge on any atom is -0.495 e. The average molecular weight is 417 g/mol. The normalized spacial score (nSPS) is 12.3. The summed E-state index contributed by atoms with van der Waals surface area (Å²) in [5.74, 6) is -0.772. The van der Waals surface area contributed by atoms with Crippen molar-refractivity contribution in [2.75, 3.05) is 7.11 Å². The molecule has 2 heterocycles. The van der Waals surface area contributed by atoms with Gasteiger partial charge in [0.05, 0.1) is 18.5 Å². The molecular formula is C21H18F3N3O3. The van der Waals surface area contributed by atoms with Crippen LogP contribution in [0.3, 0.4) is 0 Å². The maximum Gasteiger partial charge on any atom is 0.414 e. The predicted molar refractivity (Wildman–Crippen MR) is 104 cm³/mol. The molecule has 0 radical (unpaired) electrons. The number of ether oxygens (including phenoxy) is 1. The van der Waals surface area contributed by atoms with Crippen LogP contribution in [0.1, 0.15) is 27.7 Å². The molecular weight excluding hydrogens is 399 g/mol. The van der Waals surface area contributed by atoms with Crippen molar-refractivity contribution in [3.8, 4) is 11.4 Å². The number of halogens is 3. The molecule has 9 heteroatoms. The predicted octanol–water partition coefficient (Wildman–Crippen LogP) is 3.58. The van der Waals surface area contributed by atoms with Gasteiger partial charge in [-0.3, -0.25) is 19.1 Å². The first kappa shape index (κ1) is 21.1. The van der Waals surface area contributed by atoms with Gasteiger partial charge in [-0.25, -0.2) is 0 Å². The number of methoxy groups -OCH3 is 1. The van der Waals surface area contributed by atoms with E-state index in [-0.39, 0.29) is 11.3 Å². The molecule has 1 atom stereocenters. The first-order valence-electron chi connectivity index (χ1n) is 8.88. The highest BCUT2D eigenvalue weighted by molar-refractivity contribution is 5.95. The van der Waals surface area contributed by atoms with Crippen molar-refractivity contribution in [2.45, 2.75) is 19.1 Å². The largest absolute Gasteiger partial charge is 0.495 e. The summed E-state index contributed by atoms with van der Waals surface area (Å²) in [6.07, 6.45) is -2.16. The van der Waals surface area contributed by atoms with Crippen molar-refractivity contribution in [2.24, 2.45) is 0 Å². The number of rotatable bonds is 5. The van der Waals surface area contributed by atoms with Crippen LogP contribution in [-0.2, 0) is 0 Å². The second-order valence-corrected chi connectivity index (χ2v) is 6.42. The molecule has 1 aromatic carbocycles. The van der Waals surface area contributed by atoms with Gasteiger partial charge in [-0.15, -0.1) is 0 Å². The van der Waals surface area contributed by atoms with E-state index >= 15 is 0 Å². The molecule has 0 fully saturated rings. The van der Waals surface area contributed by atoms with Crippen molar-refractivity contribution >= 4 is 5.91 Å². The van der Waals surface area contributed by atoms with Crippen LogP contribution >= 0.6 is 0 Å². The van der Waals surface area contributed by atoms with Crippen LogP contribution in [0.4, 0.5) is 13.2 Å². The number of nitrogens with one attached hydrogen (secondary N) is 1. The topological polar surface area (TPSA) is 73.2 Å². The van der Waals surface area contributed by atoms with E-state index in [9.17, 15) is 22.8 Å². The van der Waals surface area contributed by atoms with Crippen molar-refractivity contribution in [1.82, 2.24) is 14.9 Å². The zero-order valence-corrected chi connectivity index (χ0v) is 16.1. The highest BCUT2D eigenvalue weighted by atomic mass is 19.4. The first-order chi connectivity index (χ1) is 14.2. The summed E-state index contributed by atoms with van der Waals surface area (Å²) >= 11 is 0. The fraction of sp³-hybridized carbons (Fsp3) is 0.190. The maximum absolute atomic E-state index is 13.6. The van der Waals surface area contributed by atoms with E-state index in [1.165, 1.54) is 44.6 Å². The minimum atomic E-state index is -4.80. The molecule has 6 nitrogen and oxygen atoms in total. The molecule has 3 rings (SSSR count). The molecule has 1 unspecified atom stereocenters. The molecule has 0 spiro atoms. The Morgan fingerprint density at radius 1 is 1.13 bits per heavy atom. The van der Waals surface area contributed by atoms with Gasteiger partial charge in [-0.05, 0) is 42.8 Å². The molecule has 3 aromatic rings. The molecule has 2 aromatic heterocycles. The summed E-state index contributed by atoms with van der Waals surface area (Å²) in [4.78, 5) is 29.5. The molecule has 156 valence electrons. The molecule has 0 aliphatic heterocycles. The van der Waals surface area contributed by atoms with Gasteiger partial charge in [0, 0.05) is 12.4 Å². The Bertz CT molecular complexity index is 1110. The summed E-state index contributed by atoms with van der Waals surface area (Å²) in [5, 5.41) is 1.91. The Balaban J connectivity index is 2.05. The van der Waals surface area contributed by atoms with Crippen molar-refractivity contribution in [3.63, 3.8) is 0 Å². The second kappa shape index (κ2) is 8.40. The first-order valence-corrected chi connectivity index (χ1v) is 8.88.